The number of rotatable bonds is 4. The summed E-state index contributed by atoms with van der Waals surface area (Å²) in [5.74, 6) is -0.120. The number of halogens is 1. The van der Waals surface area contributed by atoms with Crippen LogP contribution in [-0.2, 0) is 4.79 Å². The van der Waals surface area contributed by atoms with Gasteiger partial charge in [-0.15, -0.1) is 0 Å². The molecule has 3 heteroatoms. The molecule has 2 rings (SSSR count). The Kier molecular flexibility index (Phi) is 5.13. The van der Waals surface area contributed by atoms with E-state index in [4.69, 9.17) is 0 Å². The molecule has 2 aromatic rings. The van der Waals surface area contributed by atoms with E-state index in [1.54, 1.807) is 0 Å². The van der Waals surface area contributed by atoms with Crippen LogP contribution in [0.2, 0.25) is 0 Å². The molecule has 0 aliphatic heterocycles. The van der Waals surface area contributed by atoms with Gasteiger partial charge in [0, 0.05) is 0 Å². The molecule has 0 aliphatic carbocycles. The van der Waals surface area contributed by atoms with Crippen molar-refractivity contribution in [1.82, 2.24) is 5.32 Å². The average molecular weight is 330 g/mol. The summed E-state index contributed by atoms with van der Waals surface area (Å²) in [5.41, 5.74) is 2.07. The maximum atomic E-state index is 12.1. The van der Waals surface area contributed by atoms with Crippen molar-refractivity contribution < 1.29 is 4.79 Å². The second-order valence-corrected chi connectivity index (χ2v) is 5.36. The fraction of sp³-hybridized carbons (Fsp3) is 0.118. The van der Waals surface area contributed by atoms with E-state index in [1.807, 2.05) is 73.7 Å². The molecule has 20 heavy (non-hydrogen) atoms. The van der Waals surface area contributed by atoms with Crippen molar-refractivity contribution >= 4 is 27.9 Å². The van der Waals surface area contributed by atoms with E-state index in [-0.39, 0.29) is 11.9 Å². The topological polar surface area (TPSA) is 29.1 Å². The van der Waals surface area contributed by atoms with Crippen LogP contribution in [0.25, 0.3) is 6.08 Å². The molecule has 0 spiro atoms. The summed E-state index contributed by atoms with van der Waals surface area (Å²) in [6.07, 6.45) is 1.81. The van der Waals surface area contributed by atoms with Crippen LogP contribution in [0.3, 0.4) is 0 Å². The van der Waals surface area contributed by atoms with Crippen LogP contribution in [0, 0.1) is 0 Å². The summed E-state index contributed by atoms with van der Waals surface area (Å²) in [7, 11) is 0. The quantitative estimate of drug-likeness (QED) is 0.832. The molecule has 1 N–H and O–H groups in total. The molecule has 1 amide bonds. The zero-order valence-electron chi connectivity index (χ0n) is 11.2. The smallest absolute Gasteiger partial charge is 0.258 e. The number of carbonyl (C=O) groups excluding carboxylic acids is 1. The van der Waals surface area contributed by atoms with E-state index < -0.39 is 0 Å². The standard InChI is InChI=1S/C17H16BrNO/c1-13(15-10-6-3-7-11-15)19-17(20)16(18)12-14-8-4-2-5-9-14/h2-13H,1H3,(H,19,20)/b16-12-/t13-/m0/s1. The Morgan fingerprint density at radius 1 is 1.05 bits per heavy atom. The largest absolute Gasteiger partial charge is 0.345 e. The average Bonchev–Trinajstić information content (AvgIpc) is 2.49. The highest BCUT2D eigenvalue weighted by Crippen LogP contribution is 2.16. The van der Waals surface area contributed by atoms with Crippen molar-refractivity contribution in [3.05, 3.63) is 76.3 Å². The van der Waals surface area contributed by atoms with Gasteiger partial charge in [-0.1, -0.05) is 60.7 Å². The van der Waals surface area contributed by atoms with Crippen LogP contribution in [-0.4, -0.2) is 5.91 Å². The first-order valence-electron chi connectivity index (χ1n) is 6.45. The van der Waals surface area contributed by atoms with Gasteiger partial charge in [-0.2, -0.15) is 0 Å². The van der Waals surface area contributed by atoms with Crippen molar-refractivity contribution in [2.45, 2.75) is 13.0 Å². The Bertz CT molecular complexity index is 593. The number of benzene rings is 2. The summed E-state index contributed by atoms with van der Waals surface area (Å²) in [5, 5.41) is 2.96. The van der Waals surface area contributed by atoms with Crippen molar-refractivity contribution in [2.24, 2.45) is 0 Å². The van der Waals surface area contributed by atoms with E-state index in [9.17, 15) is 4.79 Å². The van der Waals surface area contributed by atoms with Gasteiger partial charge in [0.05, 0.1) is 10.5 Å². The van der Waals surface area contributed by atoms with Gasteiger partial charge in [0.15, 0.2) is 0 Å². The molecule has 0 fully saturated rings. The lowest BCUT2D eigenvalue weighted by Crippen LogP contribution is -2.26. The molecule has 1 atom stereocenters. The van der Waals surface area contributed by atoms with Crippen LogP contribution in [0.5, 0.6) is 0 Å². The third-order valence-corrected chi connectivity index (χ3v) is 3.55. The highest BCUT2D eigenvalue weighted by molar-refractivity contribution is 9.12. The minimum atomic E-state index is -0.120. The summed E-state index contributed by atoms with van der Waals surface area (Å²) in [6, 6.07) is 19.6. The molecule has 0 unspecified atom stereocenters. The lowest BCUT2D eigenvalue weighted by atomic mass is 10.1. The van der Waals surface area contributed by atoms with Crippen LogP contribution in [0.4, 0.5) is 0 Å². The Balaban J connectivity index is 2.03. The van der Waals surface area contributed by atoms with Gasteiger partial charge in [-0.25, -0.2) is 0 Å². The maximum Gasteiger partial charge on any atom is 0.258 e. The number of nitrogens with one attached hydrogen (secondary N) is 1. The van der Waals surface area contributed by atoms with Gasteiger partial charge in [0.1, 0.15) is 0 Å². The van der Waals surface area contributed by atoms with E-state index in [2.05, 4.69) is 21.2 Å². The van der Waals surface area contributed by atoms with Crippen LogP contribution in [0.15, 0.2) is 65.1 Å². The molecular formula is C17H16BrNO. The minimum absolute atomic E-state index is 0.0274. The Morgan fingerprint density at radius 2 is 1.60 bits per heavy atom. The minimum Gasteiger partial charge on any atom is -0.345 e. The summed E-state index contributed by atoms with van der Waals surface area (Å²) < 4.78 is 0.520. The predicted molar refractivity (Wildman–Crippen MR) is 86.3 cm³/mol. The van der Waals surface area contributed by atoms with Gasteiger partial charge in [0.25, 0.3) is 5.91 Å². The third kappa shape index (κ3) is 4.07. The van der Waals surface area contributed by atoms with Gasteiger partial charge in [-0.3, -0.25) is 4.79 Å². The maximum absolute atomic E-state index is 12.1. The molecule has 0 aromatic heterocycles. The molecule has 0 saturated carbocycles. The number of hydrogen-bond donors (Lipinski definition) is 1. The van der Waals surface area contributed by atoms with Crippen LogP contribution < -0.4 is 5.32 Å². The second-order valence-electron chi connectivity index (χ2n) is 4.51. The van der Waals surface area contributed by atoms with Crippen molar-refractivity contribution in [3.8, 4) is 0 Å². The van der Waals surface area contributed by atoms with Crippen LogP contribution >= 0.6 is 15.9 Å². The fourth-order valence-electron chi connectivity index (χ4n) is 1.85. The Labute approximate surface area is 127 Å². The Hall–Kier alpha value is -1.87. The monoisotopic (exact) mass is 329 g/mol. The number of carbonyl (C=O) groups is 1. The van der Waals surface area contributed by atoms with Crippen molar-refractivity contribution in [2.75, 3.05) is 0 Å². The lowest BCUT2D eigenvalue weighted by Gasteiger charge is -2.13. The van der Waals surface area contributed by atoms with Gasteiger partial charge in [0.2, 0.25) is 0 Å². The molecule has 0 heterocycles. The first kappa shape index (κ1) is 14.5. The second kappa shape index (κ2) is 7.06. The van der Waals surface area contributed by atoms with E-state index in [1.165, 1.54) is 0 Å². The fourth-order valence-corrected chi connectivity index (χ4v) is 2.23. The number of hydrogen-bond acceptors (Lipinski definition) is 1. The highest BCUT2D eigenvalue weighted by atomic mass is 79.9. The zero-order chi connectivity index (χ0) is 14.4. The van der Waals surface area contributed by atoms with E-state index in [0.717, 1.165) is 11.1 Å². The SMILES string of the molecule is C[C@H](NC(=O)/C(Br)=C/c1ccccc1)c1ccccc1. The molecule has 0 bridgehead atoms. The zero-order valence-corrected chi connectivity index (χ0v) is 12.8. The molecule has 0 aliphatic rings. The van der Waals surface area contributed by atoms with Gasteiger partial charge in [-0.05, 0) is 40.1 Å². The van der Waals surface area contributed by atoms with E-state index >= 15 is 0 Å². The molecular weight excluding hydrogens is 314 g/mol. The lowest BCUT2D eigenvalue weighted by molar-refractivity contribution is -0.117. The number of amides is 1. The normalized spacial score (nSPS) is 12.8. The first-order chi connectivity index (χ1) is 9.66. The van der Waals surface area contributed by atoms with Crippen LogP contribution in [0.1, 0.15) is 24.1 Å². The van der Waals surface area contributed by atoms with E-state index in [0.29, 0.717) is 4.48 Å². The summed E-state index contributed by atoms with van der Waals surface area (Å²) in [6.45, 7) is 1.97. The van der Waals surface area contributed by atoms with Gasteiger partial charge < -0.3 is 5.32 Å². The predicted octanol–water partition coefficient (Wildman–Crippen LogP) is 4.30. The Morgan fingerprint density at radius 3 is 2.20 bits per heavy atom. The molecule has 2 nitrogen and oxygen atoms in total. The third-order valence-electron chi connectivity index (χ3n) is 2.96. The molecule has 2 aromatic carbocycles. The van der Waals surface area contributed by atoms with Crippen molar-refractivity contribution in [3.63, 3.8) is 0 Å². The molecule has 102 valence electrons. The summed E-state index contributed by atoms with van der Waals surface area (Å²) >= 11 is 3.33. The van der Waals surface area contributed by atoms with Crippen molar-refractivity contribution in [1.29, 1.82) is 0 Å². The first-order valence-corrected chi connectivity index (χ1v) is 7.24. The summed E-state index contributed by atoms with van der Waals surface area (Å²) in [4.78, 5) is 12.1. The van der Waals surface area contributed by atoms with Gasteiger partial charge >= 0.3 is 0 Å². The highest BCUT2D eigenvalue weighted by Gasteiger charge is 2.11. The molecule has 0 saturated heterocycles. The molecule has 0 radical (unpaired) electrons.